The van der Waals surface area contributed by atoms with Crippen molar-refractivity contribution in [3.63, 3.8) is 0 Å². The number of urea groups is 2. The number of rotatable bonds is 5. The number of imide groups is 1. The molecule has 9 nitrogen and oxygen atoms in total. The fourth-order valence-corrected chi connectivity index (χ4v) is 3.78. The maximum atomic E-state index is 13.1. The molecule has 1 saturated heterocycles. The van der Waals surface area contributed by atoms with Gasteiger partial charge in [0, 0.05) is 10.6 Å². The summed E-state index contributed by atoms with van der Waals surface area (Å²) in [7, 11) is 0. The molecular formula is C19H21ClN4O5. The number of benzene rings is 1. The zero-order valence-corrected chi connectivity index (χ0v) is 16.9. The molecule has 5 amide bonds. The van der Waals surface area contributed by atoms with Crippen LogP contribution < -0.4 is 16.0 Å². The number of hydrogen-bond donors (Lipinski definition) is 3. The van der Waals surface area contributed by atoms with Crippen LogP contribution in [0.3, 0.4) is 0 Å². The van der Waals surface area contributed by atoms with Gasteiger partial charge in [-0.1, -0.05) is 29.8 Å². The number of halogens is 1. The van der Waals surface area contributed by atoms with Gasteiger partial charge in [-0.2, -0.15) is 0 Å². The Morgan fingerprint density at radius 1 is 1.28 bits per heavy atom. The lowest BCUT2D eigenvalue weighted by atomic mass is 9.92. The Hall–Kier alpha value is -3.07. The van der Waals surface area contributed by atoms with E-state index in [9.17, 15) is 19.2 Å². The average Bonchev–Trinajstić information content (AvgIpc) is 2.85. The van der Waals surface area contributed by atoms with Crippen molar-refractivity contribution in [3.8, 4) is 0 Å². The van der Waals surface area contributed by atoms with Crippen LogP contribution in [0.4, 0.5) is 9.59 Å². The van der Waals surface area contributed by atoms with Gasteiger partial charge >= 0.3 is 18.0 Å². The first-order valence-electron chi connectivity index (χ1n) is 9.05. The normalized spacial score (nSPS) is 24.2. The molecule has 0 saturated carbocycles. The third kappa shape index (κ3) is 3.65. The highest BCUT2D eigenvalue weighted by Gasteiger charge is 2.50. The molecule has 2 aliphatic rings. The summed E-state index contributed by atoms with van der Waals surface area (Å²) in [6, 6.07) is 4.87. The number of carbonyl (C=O) groups excluding carboxylic acids is 4. The summed E-state index contributed by atoms with van der Waals surface area (Å²) in [6.45, 7) is 4.67. The molecule has 0 aromatic heterocycles. The molecule has 3 N–H and O–H groups in total. The summed E-state index contributed by atoms with van der Waals surface area (Å²) < 4.78 is 5.05. The minimum Gasteiger partial charge on any atom is -0.463 e. The van der Waals surface area contributed by atoms with Gasteiger partial charge in [0.2, 0.25) is 0 Å². The number of carbonyl (C=O) groups is 4. The van der Waals surface area contributed by atoms with Crippen molar-refractivity contribution in [2.45, 2.75) is 32.4 Å². The van der Waals surface area contributed by atoms with Crippen molar-refractivity contribution in [2.75, 3.05) is 13.2 Å². The summed E-state index contributed by atoms with van der Waals surface area (Å²) in [5.41, 5.74) is -0.641. The second kappa shape index (κ2) is 7.75. The van der Waals surface area contributed by atoms with Crippen molar-refractivity contribution >= 4 is 35.5 Å². The predicted octanol–water partition coefficient (Wildman–Crippen LogP) is 1.63. The fraction of sp³-hybridized carbons (Fsp3) is 0.368. The molecule has 10 heteroatoms. The van der Waals surface area contributed by atoms with Crippen LogP contribution in [-0.4, -0.2) is 48.0 Å². The molecule has 2 atom stereocenters. The molecule has 0 radical (unpaired) electrons. The van der Waals surface area contributed by atoms with Gasteiger partial charge in [-0.25, -0.2) is 14.4 Å². The highest BCUT2D eigenvalue weighted by molar-refractivity contribution is 6.32. The van der Waals surface area contributed by atoms with E-state index in [4.69, 9.17) is 16.3 Å². The van der Waals surface area contributed by atoms with Crippen LogP contribution in [0.15, 0.2) is 35.5 Å². The lowest BCUT2D eigenvalue weighted by molar-refractivity contribution is -0.139. The number of esters is 1. The summed E-state index contributed by atoms with van der Waals surface area (Å²) in [5.74, 6) is -1.19. The molecule has 154 valence electrons. The topological polar surface area (TPSA) is 117 Å². The van der Waals surface area contributed by atoms with E-state index in [2.05, 4.69) is 16.0 Å². The first-order chi connectivity index (χ1) is 13.7. The number of amides is 5. The zero-order chi connectivity index (χ0) is 21.3. The van der Waals surface area contributed by atoms with Crippen LogP contribution in [0.5, 0.6) is 0 Å². The molecule has 0 spiro atoms. The van der Waals surface area contributed by atoms with Crippen LogP contribution in [0, 0.1) is 0 Å². The maximum absolute atomic E-state index is 13.1. The molecule has 29 heavy (non-hydrogen) atoms. The lowest BCUT2D eigenvalue weighted by Gasteiger charge is -2.28. The Bertz CT molecular complexity index is 931. The predicted molar refractivity (Wildman–Crippen MR) is 104 cm³/mol. The smallest absolute Gasteiger partial charge is 0.337 e. The summed E-state index contributed by atoms with van der Waals surface area (Å²) in [4.78, 5) is 51.0. The Kier molecular flexibility index (Phi) is 5.52. The molecule has 3 rings (SSSR count). The fourth-order valence-electron chi connectivity index (χ4n) is 3.45. The van der Waals surface area contributed by atoms with Gasteiger partial charge in [0.25, 0.3) is 5.91 Å². The van der Waals surface area contributed by atoms with E-state index in [1.807, 2.05) is 0 Å². The largest absolute Gasteiger partial charge is 0.463 e. The van der Waals surface area contributed by atoms with E-state index in [1.165, 1.54) is 0 Å². The monoisotopic (exact) mass is 420 g/mol. The minimum atomic E-state index is -1.37. The third-order valence-electron chi connectivity index (χ3n) is 4.87. The van der Waals surface area contributed by atoms with Crippen LogP contribution in [0.2, 0.25) is 5.02 Å². The highest BCUT2D eigenvalue weighted by Crippen LogP contribution is 2.34. The van der Waals surface area contributed by atoms with Crippen LogP contribution >= 0.6 is 11.6 Å². The second-order valence-electron chi connectivity index (χ2n) is 6.86. The van der Waals surface area contributed by atoms with E-state index < -0.39 is 35.5 Å². The van der Waals surface area contributed by atoms with E-state index >= 15 is 0 Å². The van der Waals surface area contributed by atoms with E-state index in [-0.39, 0.29) is 24.4 Å². The molecule has 1 aromatic rings. The van der Waals surface area contributed by atoms with Crippen LogP contribution in [0.1, 0.15) is 26.3 Å². The first-order valence-corrected chi connectivity index (χ1v) is 9.43. The Morgan fingerprint density at radius 2 is 1.97 bits per heavy atom. The minimum absolute atomic E-state index is 0.131. The Morgan fingerprint density at radius 3 is 2.62 bits per heavy atom. The number of nitrogens with one attached hydrogen (secondary N) is 3. The molecule has 1 fully saturated rings. The van der Waals surface area contributed by atoms with Gasteiger partial charge in [0.1, 0.15) is 5.54 Å². The molecular weight excluding hydrogens is 400 g/mol. The Labute approximate surface area is 172 Å². The van der Waals surface area contributed by atoms with Crippen molar-refractivity contribution in [1.82, 2.24) is 20.9 Å². The highest BCUT2D eigenvalue weighted by atomic mass is 35.5. The Balaban J connectivity index is 1.96. The third-order valence-corrected chi connectivity index (χ3v) is 5.20. The summed E-state index contributed by atoms with van der Waals surface area (Å²) >= 11 is 6.23. The number of nitrogens with zero attached hydrogens (tertiary/aromatic N) is 1. The van der Waals surface area contributed by atoms with Gasteiger partial charge in [-0.05, 0) is 26.8 Å². The van der Waals surface area contributed by atoms with Gasteiger partial charge in [0.05, 0.1) is 30.5 Å². The van der Waals surface area contributed by atoms with E-state index in [1.54, 1.807) is 45.0 Å². The number of ether oxygens (including phenoxy) is 1. The first kappa shape index (κ1) is 20.7. The summed E-state index contributed by atoms with van der Waals surface area (Å²) in [5, 5.41) is 8.07. The van der Waals surface area contributed by atoms with Gasteiger partial charge in [-0.15, -0.1) is 0 Å². The van der Waals surface area contributed by atoms with E-state index in [0.717, 1.165) is 4.90 Å². The van der Waals surface area contributed by atoms with Crippen LogP contribution in [-0.2, 0) is 19.9 Å². The lowest BCUT2D eigenvalue weighted by Crippen LogP contribution is -2.52. The van der Waals surface area contributed by atoms with Gasteiger partial charge in [0.15, 0.2) is 0 Å². The summed E-state index contributed by atoms with van der Waals surface area (Å²) in [6.07, 6.45) is 0. The molecule has 2 aliphatic heterocycles. The molecule has 0 aliphatic carbocycles. The zero-order valence-electron chi connectivity index (χ0n) is 16.2. The van der Waals surface area contributed by atoms with Crippen LogP contribution in [0.25, 0.3) is 0 Å². The molecule has 0 unspecified atom stereocenters. The second-order valence-corrected chi connectivity index (χ2v) is 7.27. The van der Waals surface area contributed by atoms with Crippen molar-refractivity contribution in [3.05, 3.63) is 46.1 Å². The van der Waals surface area contributed by atoms with Crippen molar-refractivity contribution in [2.24, 2.45) is 0 Å². The molecule has 0 bridgehead atoms. The maximum Gasteiger partial charge on any atom is 0.337 e. The van der Waals surface area contributed by atoms with E-state index in [0.29, 0.717) is 10.6 Å². The standard InChI is InChI=1S/C19H21ClN4O5/c1-4-29-15(25)14-10(2)21-17(27)22-13(14)9-24-16(26)19(3,23-18(24)28)11-7-5-6-8-12(11)20/h5-8,10H,4,9H2,1-3H3,(H,23,28)(H2,21,22,27)/t10-,19+/m0/s1. The molecule has 2 heterocycles. The van der Waals surface area contributed by atoms with Gasteiger partial charge < -0.3 is 20.7 Å². The number of hydrogen-bond acceptors (Lipinski definition) is 5. The quantitative estimate of drug-likeness (QED) is 0.494. The van der Waals surface area contributed by atoms with Gasteiger partial charge in [-0.3, -0.25) is 9.69 Å². The SMILES string of the molecule is CCOC(=O)C1=C(CN2C(=O)N[C@](C)(c3ccccc3Cl)C2=O)NC(=O)N[C@H]1C. The molecule has 1 aromatic carbocycles. The average molecular weight is 421 g/mol. The van der Waals surface area contributed by atoms with Crippen molar-refractivity contribution in [1.29, 1.82) is 0 Å². The van der Waals surface area contributed by atoms with Crippen molar-refractivity contribution < 1.29 is 23.9 Å².